The summed E-state index contributed by atoms with van der Waals surface area (Å²) in [4.78, 5) is 11.8. The predicted molar refractivity (Wildman–Crippen MR) is 58.1 cm³/mol. The van der Waals surface area contributed by atoms with E-state index in [1.165, 1.54) is 0 Å². The number of carbonyl (C=O) groups excluding carboxylic acids is 1. The van der Waals surface area contributed by atoms with E-state index in [1.807, 2.05) is 45.0 Å². The molecule has 0 aliphatic heterocycles. The van der Waals surface area contributed by atoms with Crippen molar-refractivity contribution in [3.8, 4) is 0 Å². The van der Waals surface area contributed by atoms with Crippen molar-refractivity contribution >= 4 is 5.78 Å². The number of hydrogen-bond donors (Lipinski definition) is 1. The average molecular weight is 191 g/mol. The average Bonchev–Trinajstić information content (AvgIpc) is 2.15. The van der Waals surface area contributed by atoms with Crippen molar-refractivity contribution in [3.63, 3.8) is 0 Å². The first-order valence-corrected chi connectivity index (χ1v) is 4.79. The molecule has 0 aliphatic rings. The number of benzene rings is 1. The van der Waals surface area contributed by atoms with Crippen LogP contribution in [0.25, 0.3) is 0 Å². The molecule has 0 spiro atoms. The van der Waals surface area contributed by atoms with Gasteiger partial charge in [-0.25, -0.2) is 0 Å². The maximum Gasteiger partial charge on any atom is 0.168 e. The highest BCUT2D eigenvalue weighted by atomic mass is 16.1. The van der Waals surface area contributed by atoms with Crippen LogP contribution in [0.2, 0.25) is 0 Å². The fraction of sp³-hybridized carbons (Fsp3) is 0.417. The number of rotatable bonds is 2. The van der Waals surface area contributed by atoms with Crippen molar-refractivity contribution in [3.05, 3.63) is 35.4 Å². The first-order chi connectivity index (χ1) is 6.45. The summed E-state index contributed by atoms with van der Waals surface area (Å²) in [7, 11) is 0. The second kappa shape index (κ2) is 3.93. The van der Waals surface area contributed by atoms with E-state index in [1.54, 1.807) is 0 Å². The molecule has 0 aliphatic carbocycles. The van der Waals surface area contributed by atoms with Crippen molar-refractivity contribution in [2.75, 3.05) is 0 Å². The minimum absolute atomic E-state index is 0.168. The third-order valence-electron chi connectivity index (χ3n) is 2.13. The number of carbonyl (C=O) groups is 1. The molecule has 1 aromatic carbocycles. The second-order valence-electron chi connectivity index (χ2n) is 4.48. The van der Waals surface area contributed by atoms with Gasteiger partial charge in [-0.3, -0.25) is 4.79 Å². The van der Waals surface area contributed by atoms with Gasteiger partial charge in [0.2, 0.25) is 0 Å². The van der Waals surface area contributed by atoms with Gasteiger partial charge in [0.25, 0.3) is 0 Å². The van der Waals surface area contributed by atoms with E-state index in [0.717, 1.165) is 11.1 Å². The highest BCUT2D eigenvalue weighted by Crippen LogP contribution is 2.20. The smallest absolute Gasteiger partial charge is 0.168 e. The second-order valence-corrected chi connectivity index (χ2v) is 4.48. The Labute approximate surface area is 85.1 Å². The normalized spacial score (nSPS) is 11.4. The lowest BCUT2D eigenvalue weighted by atomic mass is 9.86. The zero-order chi connectivity index (χ0) is 10.8. The van der Waals surface area contributed by atoms with Crippen LogP contribution in [-0.2, 0) is 6.54 Å². The minimum atomic E-state index is -0.315. The summed E-state index contributed by atoms with van der Waals surface area (Å²) in [6.45, 7) is 6.29. The monoisotopic (exact) mass is 191 g/mol. The molecule has 76 valence electrons. The molecule has 0 saturated heterocycles. The van der Waals surface area contributed by atoms with E-state index in [2.05, 4.69) is 0 Å². The van der Waals surface area contributed by atoms with Gasteiger partial charge in [-0.15, -0.1) is 0 Å². The van der Waals surface area contributed by atoms with Gasteiger partial charge in [0.15, 0.2) is 5.78 Å². The van der Waals surface area contributed by atoms with Crippen molar-refractivity contribution in [1.29, 1.82) is 0 Å². The fourth-order valence-electron chi connectivity index (χ4n) is 1.23. The number of Topliss-reactive ketones (excluding diaryl/α,β-unsaturated/α-hetero) is 1. The van der Waals surface area contributed by atoms with E-state index in [0.29, 0.717) is 6.54 Å². The van der Waals surface area contributed by atoms with Crippen LogP contribution < -0.4 is 5.73 Å². The molecule has 0 saturated carbocycles. The van der Waals surface area contributed by atoms with Gasteiger partial charge in [0.05, 0.1) is 0 Å². The topological polar surface area (TPSA) is 43.1 Å². The SMILES string of the molecule is CC(C)(C)C(=O)c1ccc(CN)cc1. The van der Waals surface area contributed by atoms with Crippen LogP contribution in [0.5, 0.6) is 0 Å². The Hall–Kier alpha value is -1.15. The molecule has 0 bridgehead atoms. The molecule has 0 unspecified atom stereocenters. The van der Waals surface area contributed by atoms with Crippen LogP contribution in [0.4, 0.5) is 0 Å². The summed E-state index contributed by atoms with van der Waals surface area (Å²) in [6, 6.07) is 7.49. The van der Waals surface area contributed by atoms with Gasteiger partial charge >= 0.3 is 0 Å². The van der Waals surface area contributed by atoms with Crippen molar-refractivity contribution < 1.29 is 4.79 Å². The third kappa shape index (κ3) is 2.42. The summed E-state index contributed by atoms with van der Waals surface area (Å²) in [6.07, 6.45) is 0. The van der Waals surface area contributed by atoms with Crippen LogP contribution in [0, 0.1) is 5.41 Å². The van der Waals surface area contributed by atoms with Crippen LogP contribution in [-0.4, -0.2) is 5.78 Å². The maximum atomic E-state index is 11.8. The summed E-state index contributed by atoms with van der Waals surface area (Å²) in [5.74, 6) is 0.168. The summed E-state index contributed by atoms with van der Waals surface area (Å²) < 4.78 is 0. The Balaban J connectivity index is 2.93. The van der Waals surface area contributed by atoms with E-state index < -0.39 is 0 Å². The molecule has 1 aromatic rings. The lowest BCUT2D eigenvalue weighted by molar-refractivity contribution is 0.0858. The van der Waals surface area contributed by atoms with E-state index >= 15 is 0 Å². The molecule has 0 amide bonds. The Morgan fingerprint density at radius 2 is 1.71 bits per heavy atom. The molecular formula is C12H17NO. The Kier molecular flexibility index (Phi) is 3.06. The Morgan fingerprint density at radius 1 is 1.21 bits per heavy atom. The molecule has 2 heteroatoms. The van der Waals surface area contributed by atoms with Crippen molar-refractivity contribution in [2.24, 2.45) is 11.1 Å². The predicted octanol–water partition coefficient (Wildman–Crippen LogP) is 2.37. The molecule has 0 atom stereocenters. The maximum absolute atomic E-state index is 11.8. The first kappa shape index (κ1) is 10.9. The molecule has 0 radical (unpaired) electrons. The third-order valence-corrected chi connectivity index (χ3v) is 2.13. The fourth-order valence-corrected chi connectivity index (χ4v) is 1.23. The number of ketones is 1. The summed E-state index contributed by atoms with van der Waals surface area (Å²) >= 11 is 0. The van der Waals surface area contributed by atoms with Crippen LogP contribution in [0.15, 0.2) is 24.3 Å². The molecule has 2 nitrogen and oxygen atoms in total. The highest BCUT2D eigenvalue weighted by molar-refractivity contribution is 5.99. The standard InChI is InChI=1S/C12H17NO/c1-12(2,3)11(14)10-6-4-9(8-13)5-7-10/h4-7H,8,13H2,1-3H3. The van der Waals surface area contributed by atoms with Gasteiger partial charge in [0.1, 0.15) is 0 Å². The Morgan fingerprint density at radius 3 is 2.07 bits per heavy atom. The zero-order valence-corrected chi connectivity index (χ0v) is 9.00. The van der Waals surface area contributed by atoms with Crippen LogP contribution in [0.3, 0.4) is 0 Å². The van der Waals surface area contributed by atoms with E-state index in [-0.39, 0.29) is 11.2 Å². The lowest BCUT2D eigenvalue weighted by Gasteiger charge is -2.16. The minimum Gasteiger partial charge on any atom is -0.326 e. The van der Waals surface area contributed by atoms with Gasteiger partial charge in [0, 0.05) is 17.5 Å². The van der Waals surface area contributed by atoms with Gasteiger partial charge in [-0.05, 0) is 5.56 Å². The number of hydrogen-bond acceptors (Lipinski definition) is 2. The molecule has 2 N–H and O–H groups in total. The molecular weight excluding hydrogens is 174 g/mol. The van der Waals surface area contributed by atoms with Crippen molar-refractivity contribution in [1.82, 2.24) is 0 Å². The van der Waals surface area contributed by atoms with E-state index in [4.69, 9.17) is 5.73 Å². The lowest BCUT2D eigenvalue weighted by Crippen LogP contribution is -2.20. The molecule has 0 fully saturated rings. The zero-order valence-electron chi connectivity index (χ0n) is 9.00. The van der Waals surface area contributed by atoms with Crippen LogP contribution in [0.1, 0.15) is 36.7 Å². The molecule has 0 aromatic heterocycles. The Bertz CT molecular complexity index is 319. The van der Waals surface area contributed by atoms with Gasteiger partial charge < -0.3 is 5.73 Å². The van der Waals surface area contributed by atoms with Gasteiger partial charge in [-0.2, -0.15) is 0 Å². The quantitative estimate of drug-likeness (QED) is 0.729. The molecule has 14 heavy (non-hydrogen) atoms. The number of nitrogens with two attached hydrogens (primary N) is 1. The van der Waals surface area contributed by atoms with Crippen molar-refractivity contribution in [2.45, 2.75) is 27.3 Å². The first-order valence-electron chi connectivity index (χ1n) is 4.79. The molecule has 1 rings (SSSR count). The summed E-state index contributed by atoms with van der Waals surface area (Å²) in [5.41, 5.74) is 6.97. The molecule has 0 heterocycles. The highest BCUT2D eigenvalue weighted by Gasteiger charge is 2.22. The van der Waals surface area contributed by atoms with Gasteiger partial charge in [-0.1, -0.05) is 45.0 Å². The largest absolute Gasteiger partial charge is 0.326 e. The van der Waals surface area contributed by atoms with Crippen LogP contribution >= 0.6 is 0 Å². The van der Waals surface area contributed by atoms with E-state index in [9.17, 15) is 4.79 Å². The summed E-state index contributed by atoms with van der Waals surface area (Å²) in [5, 5.41) is 0.